The van der Waals surface area contributed by atoms with Gasteiger partial charge in [-0.3, -0.25) is 0 Å². The molecule has 0 heterocycles. The minimum atomic E-state index is -3.82. The van der Waals surface area contributed by atoms with Gasteiger partial charge in [0.1, 0.15) is 4.90 Å². The summed E-state index contributed by atoms with van der Waals surface area (Å²) in [6, 6.07) is 7.23. The fourth-order valence-corrected chi connectivity index (χ4v) is 4.41. The molecule has 0 saturated heterocycles. The van der Waals surface area contributed by atoms with Crippen molar-refractivity contribution >= 4 is 42.4 Å². The highest BCUT2D eigenvalue weighted by atomic mass is 35.5. The number of hydrogen-bond donors (Lipinski definition) is 2. The van der Waals surface area contributed by atoms with E-state index in [0.29, 0.717) is 0 Å². The van der Waals surface area contributed by atoms with Gasteiger partial charge in [0.2, 0.25) is 20.0 Å². The molecule has 0 aromatic heterocycles. The van der Waals surface area contributed by atoms with E-state index in [1.54, 1.807) is 0 Å². The summed E-state index contributed by atoms with van der Waals surface area (Å²) in [6.07, 6.45) is 0. The largest absolute Gasteiger partial charge is 0.242 e. The SMILES string of the molecule is CNS(=O)(=O)c1cccc2c(S(=O)(=O)NC)c(Cl)ccc12. The van der Waals surface area contributed by atoms with Crippen LogP contribution in [-0.2, 0) is 20.0 Å². The Kier molecular flexibility index (Phi) is 4.27. The van der Waals surface area contributed by atoms with Crippen molar-refractivity contribution in [2.45, 2.75) is 9.79 Å². The number of halogens is 1. The molecule has 0 saturated carbocycles. The second-order valence-electron chi connectivity index (χ2n) is 4.14. The maximum Gasteiger partial charge on any atom is 0.242 e. The minimum Gasteiger partial charge on any atom is -0.214 e. The Labute approximate surface area is 128 Å². The third-order valence-electron chi connectivity index (χ3n) is 3.02. The van der Waals surface area contributed by atoms with Crippen molar-refractivity contribution in [2.24, 2.45) is 0 Å². The van der Waals surface area contributed by atoms with Crippen molar-refractivity contribution in [2.75, 3.05) is 14.1 Å². The normalized spacial score (nSPS) is 12.7. The fraction of sp³-hybridized carbons (Fsp3) is 0.167. The van der Waals surface area contributed by atoms with Crippen LogP contribution in [0.1, 0.15) is 0 Å². The molecule has 0 aliphatic carbocycles. The van der Waals surface area contributed by atoms with E-state index in [1.165, 1.54) is 44.4 Å². The molecule has 2 aromatic rings. The van der Waals surface area contributed by atoms with Crippen molar-refractivity contribution in [3.05, 3.63) is 35.4 Å². The van der Waals surface area contributed by atoms with Gasteiger partial charge in [-0.25, -0.2) is 26.3 Å². The molecular formula is C12H13ClN2O4S2. The highest BCUT2D eigenvalue weighted by Gasteiger charge is 2.23. The Bertz CT molecular complexity index is 908. The Morgan fingerprint density at radius 3 is 2.05 bits per heavy atom. The smallest absolute Gasteiger partial charge is 0.214 e. The molecule has 2 rings (SSSR count). The molecule has 0 spiro atoms. The van der Waals surface area contributed by atoms with Gasteiger partial charge in [-0.05, 0) is 26.2 Å². The average Bonchev–Trinajstić information content (AvgIpc) is 2.45. The fourth-order valence-electron chi connectivity index (χ4n) is 1.99. The molecule has 21 heavy (non-hydrogen) atoms. The Morgan fingerprint density at radius 2 is 1.48 bits per heavy atom. The Balaban J connectivity index is 2.99. The van der Waals surface area contributed by atoms with E-state index in [-0.39, 0.29) is 25.6 Å². The van der Waals surface area contributed by atoms with Crippen LogP contribution < -0.4 is 9.44 Å². The lowest BCUT2D eigenvalue weighted by Crippen LogP contribution is -2.21. The zero-order chi connectivity index (χ0) is 15.8. The highest BCUT2D eigenvalue weighted by Crippen LogP contribution is 2.33. The van der Waals surface area contributed by atoms with E-state index in [1.807, 2.05) is 0 Å². The number of benzene rings is 2. The van der Waals surface area contributed by atoms with Crippen LogP contribution in [0.3, 0.4) is 0 Å². The Morgan fingerprint density at radius 1 is 0.857 bits per heavy atom. The zero-order valence-electron chi connectivity index (χ0n) is 11.2. The first kappa shape index (κ1) is 16.2. The molecule has 0 fully saturated rings. The number of rotatable bonds is 4. The molecule has 0 amide bonds. The van der Waals surface area contributed by atoms with E-state index >= 15 is 0 Å². The minimum absolute atomic E-state index is 0.00767. The van der Waals surface area contributed by atoms with E-state index < -0.39 is 20.0 Å². The standard InChI is InChI=1S/C12H13ClN2O4S2/c1-14-20(16,17)11-5-3-4-9-8(11)6-7-10(13)12(9)21(18,19)15-2/h3-7,14-15H,1-2H3. The molecule has 9 heteroatoms. The van der Waals surface area contributed by atoms with E-state index in [4.69, 9.17) is 11.6 Å². The second-order valence-corrected chi connectivity index (χ2v) is 8.23. The van der Waals surface area contributed by atoms with Crippen LogP contribution >= 0.6 is 11.6 Å². The highest BCUT2D eigenvalue weighted by molar-refractivity contribution is 7.90. The van der Waals surface area contributed by atoms with Crippen molar-refractivity contribution in [1.29, 1.82) is 0 Å². The molecular weight excluding hydrogens is 336 g/mol. The number of hydrogen-bond acceptors (Lipinski definition) is 4. The summed E-state index contributed by atoms with van der Waals surface area (Å²) >= 11 is 5.98. The zero-order valence-corrected chi connectivity index (χ0v) is 13.6. The molecule has 2 N–H and O–H groups in total. The van der Waals surface area contributed by atoms with Gasteiger partial charge in [0.05, 0.1) is 9.92 Å². The average molecular weight is 349 g/mol. The molecule has 6 nitrogen and oxygen atoms in total. The summed E-state index contributed by atoms with van der Waals surface area (Å²) in [6.45, 7) is 0. The van der Waals surface area contributed by atoms with Crippen LogP contribution in [0.25, 0.3) is 10.8 Å². The molecule has 114 valence electrons. The Hall–Kier alpha value is -1.19. The van der Waals surface area contributed by atoms with Crippen molar-refractivity contribution in [1.82, 2.24) is 9.44 Å². The van der Waals surface area contributed by atoms with Gasteiger partial charge in [-0.1, -0.05) is 29.8 Å². The first-order valence-corrected chi connectivity index (χ1v) is 9.17. The summed E-state index contributed by atoms with van der Waals surface area (Å²) in [5.74, 6) is 0. The van der Waals surface area contributed by atoms with Crippen LogP contribution in [0.2, 0.25) is 5.02 Å². The van der Waals surface area contributed by atoms with Crippen molar-refractivity contribution < 1.29 is 16.8 Å². The summed E-state index contributed by atoms with van der Waals surface area (Å²) in [4.78, 5) is -0.149. The molecule has 0 bridgehead atoms. The summed E-state index contributed by atoms with van der Waals surface area (Å²) in [5, 5.41) is 0.550. The van der Waals surface area contributed by atoms with Crippen molar-refractivity contribution in [3.8, 4) is 0 Å². The van der Waals surface area contributed by atoms with Gasteiger partial charge in [0.25, 0.3) is 0 Å². The van der Waals surface area contributed by atoms with Gasteiger partial charge in [0.15, 0.2) is 0 Å². The maximum absolute atomic E-state index is 12.1. The molecule has 0 unspecified atom stereocenters. The lowest BCUT2D eigenvalue weighted by atomic mass is 10.1. The van der Waals surface area contributed by atoms with Gasteiger partial charge in [-0.2, -0.15) is 0 Å². The summed E-state index contributed by atoms with van der Waals surface area (Å²) < 4.78 is 52.6. The number of nitrogens with one attached hydrogen (secondary N) is 2. The van der Waals surface area contributed by atoms with Crippen LogP contribution in [0.5, 0.6) is 0 Å². The quantitative estimate of drug-likeness (QED) is 0.871. The first-order valence-electron chi connectivity index (χ1n) is 5.83. The third-order valence-corrected chi connectivity index (χ3v) is 6.43. The lowest BCUT2D eigenvalue weighted by Gasteiger charge is -2.12. The van der Waals surface area contributed by atoms with Crippen molar-refractivity contribution in [3.63, 3.8) is 0 Å². The number of sulfonamides is 2. The molecule has 0 atom stereocenters. The topological polar surface area (TPSA) is 92.3 Å². The molecule has 0 aliphatic rings. The van der Waals surface area contributed by atoms with Crippen LogP contribution in [0.4, 0.5) is 0 Å². The van der Waals surface area contributed by atoms with E-state index in [0.717, 1.165) is 0 Å². The first-order chi connectivity index (χ1) is 9.74. The molecule has 0 aliphatic heterocycles. The van der Waals surface area contributed by atoms with Crippen LogP contribution in [0.15, 0.2) is 40.1 Å². The second kappa shape index (κ2) is 5.54. The van der Waals surface area contributed by atoms with Crippen LogP contribution in [0, 0.1) is 0 Å². The van der Waals surface area contributed by atoms with Gasteiger partial charge in [0, 0.05) is 10.8 Å². The van der Waals surface area contributed by atoms with Gasteiger partial charge >= 0.3 is 0 Å². The summed E-state index contributed by atoms with van der Waals surface area (Å²) in [5.41, 5.74) is 0. The molecule has 0 radical (unpaired) electrons. The molecule has 2 aromatic carbocycles. The van der Waals surface area contributed by atoms with Crippen LogP contribution in [-0.4, -0.2) is 30.9 Å². The lowest BCUT2D eigenvalue weighted by molar-refractivity contribution is 0.586. The van der Waals surface area contributed by atoms with E-state index in [2.05, 4.69) is 9.44 Å². The number of fused-ring (bicyclic) bond motifs is 1. The van der Waals surface area contributed by atoms with Gasteiger partial charge < -0.3 is 0 Å². The maximum atomic E-state index is 12.1. The van der Waals surface area contributed by atoms with E-state index in [9.17, 15) is 16.8 Å². The monoisotopic (exact) mass is 348 g/mol. The summed E-state index contributed by atoms with van der Waals surface area (Å²) in [7, 11) is -4.99. The predicted octanol–water partition coefficient (Wildman–Crippen LogP) is 1.31. The predicted molar refractivity (Wildman–Crippen MR) is 81.4 cm³/mol. The third kappa shape index (κ3) is 2.77. The van der Waals surface area contributed by atoms with Gasteiger partial charge in [-0.15, -0.1) is 0 Å².